The zero-order chi connectivity index (χ0) is 23.7. The Bertz CT molecular complexity index is 1120. The van der Waals surface area contributed by atoms with E-state index in [-0.39, 0.29) is 29.7 Å². The number of esters is 1. The first-order valence-electron chi connectivity index (χ1n) is 12.6. The van der Waals surface area contributed by atoms with Gasteiger partial charge in [-0.15, -0.1) is 0 Å². The number of Topliss-reactive ketones (excluding diaryl/α,β-unsaturated/α-hetero) is 1. The van der Waals surface area contributed by atoms with Crippen molar-refractivity contribution in [2.45, 2.75) is 76.7 Å². The molecule has 1 aliphatic heterocycles. The molecule has 176 valence electrons. The van der Waals surface area contributed by atoms with Crippen LogP contribution in [0.1, 0.15) is 80.4 Å². The number of ketones is 1. The highest BCUT2D eigenvalue weighted by Gasteiger charge is 2.46. The van der Waals surface area contributed by atoms with Gasteiger partial charge in [0.15, 0.2) is 0 Å². The third kappa shape index (κ3) is 4.51. The molecule has 0 amide bonds. The maximum absolute atomic E-state index is 13.7. The molecule has 3 atom stereocenters. The van der Waals surface area contributed by atoms with Crippen LogP contribution in [-0.4, -0.2) is 23.6 Å². The Balaban J connectivity index is 1.53. The molecule has 4 nitrogen and oxygen atoms in total. The second kappa shape index (κ2) is 9.69. The summed E-state index contributed by atoms with van der Waals surface area (Å²) in [5.41, 5.74) is 5.48. The molecule has 3 aliphatic rings. The molecular formula is C30H33NO3. The molecule has 0 N–H and O–H groups in total. The first kappa shape index (κ1) is 22.8. The molecule has 2 saturated carbocycles. The summed E-state index contributed by atoms with van der Waals surface area (Å²) in [6.07, 6.45) is 6.42. The van der Waals surface area contributed by atoms with Crippen LogP contribution in [0.3, 0.4) is 0 Å². The Morgan fingerprint density at radius 3 is 2.26 bits per heavy atom. The average molecular weight is 456 g/mol. The van der Waals surface area contributed by atoms with Gasteiger partial charge in [-0.05, 0) is 63.0 Å². The molecule has 0 aromatic heterocycles. The van der Waals surface area contributed by atoms with Gasteiger partial charge >= 0.3 is 5.97 Å². The van der Waals surface area contributed by atoms with Gasteiger partial charge in [0.2, 0.25) is 0 Å². The molecule has 2 aromatic rings. The molecule has 0 radical (unpaired) electrons. The van der Waals surface area contributed by atoms with Gasteiger partial charge < -0.3 is 4.74 Å². The second-order valence-electron chi connectivity index (χ2n) is 10.1. The summed E-state index contributed by atoms with van der Waals surface area (Å²) in [6, 6.07) is 18.5. The smallest absolute Gasteiger partial charge is 0.336 e. The van der Waals surface area contributed by atoms with Gasteiger partial charge in [0.05, 0.1) is 11.5 Å². The van der Waals surface area contributed by atoms with E-state index in [4.69, 9.17) is 9.73 Å². The predicted molar refractivity (Wildman–Crippen MR) is 134 cm³/mol. The predicted octanol–water partition coefficient (Wildman–Crippen LogP) is 6.45. The van der Waals surface area contributed by atoms with Gasteiger partial charge in [-0.1, -0.05) is 66.6 Å². The van der Waals surface area contributed by atoms with E-state index in [9.17, 15) is 9.59 Å². The molecule has 0 bridgehead atoms. The molecule has 0 saturated heterocycles. The molecule has 0 spiro atoms. The van der Waals surface area contributed by atoms with E-state index in [1.807, 2.05) is 32.0 Å². The number of allylic oxidation sites excluding steroid dienone is 1. The Morgan fingerprint density at radius 1 is 0.853 bits per heavy atom. The van der Waals surface area contributed by atoms with Crippen molar-refractivity contribution in [2.24, 2.45) is 10.9 Å². The maximum Gasteiger partial charge on any atom is 0.336 e. The van der Waals surface area contributed by atoms with E-state index in [1.54, 1.807) is 0 Å². The first-order chi connectivity index (χ1) is 16.5. The lowest BCUT2D eigenvalue weighted by Gasteiger charge is -2.38. The highest BCUT2D eigenvalue weighted by molar-refractivity contribution is 6.12. The zero-order valence-corrected chi connectivity index (χ0v) is 20.1. The van der Waals surface area contributed by atoms with Crippen molar-refractivity contribution in [2.75, 3.05) is 0 Å². The zero-order valence-electron chi connectivity index (χ0n) is 20.1. The van der Waals surface area contributed by atoms with Gasteiger partial charge in [-0.3, -0.25) is 9.79 Å². The standard InChI is InChI=1S/C30H33NO3/c1-19-13-15-22(16-14-19)28-27(30(33)34-24-11-7-4-8-12-24)20(2)31-25-17-23(18-26(32)29(25)28)21-9-5-3-6-10-21/h3,5-6,9-10,13-16,23-24,28-29H,4,7-8,11-12,17-18H2,1-2H3/t23-,28-,29?/m0/s1. The summed E-state index contributed by atoms with van der Waals surface area (Å²) >= 11 is 0. The topological polar surface area (TPSA) is 55.7 Å². The molecule has 2 aromatic carbocycles. The summed E-state index contributed by atoms with van der Waals surface area (Å²) < 4.78 is 6.00. The lowest BCUT2D eigenvalue weighted by Crippen LogP contribution is -2.41. The van der Waals surface area contributed by atoms with Crippen LogP contribution >= 0.6 is 0 Å². The fraction of sp³-hybridized carbons (Fsp3) is 0.433. The van der Waals surface area contributed by atoms with Crippen molar-refractivity contribution in [3.63, 3.8) is 0 Å². The van der Waals surface area contributed by atoms with E-state index in [1.165, 1.54) is 12.0 Å². The highest BCUT2D eigenvalue weighted by Crippen LogP contribution is 2.46. The molecule has 2 aliphatic carbocycles. The highest BCUT2D eigenvalue weighted by atomic mass is 16.5. The number of hydrogen-bond donors (Lipinski definition) is 0. The molecular weight excluding hydrogens is 422 g/mol. The van der Waals surface area contributed by atoms with Crippen molar-refractivity contribution >= 4 is 17.5 Å². The molecule has 1 heterocycles. The van der Waals surface area contributed by atoms with Crippen LogP contribution in [0.5, 0.6) is 0 Å². The van der Waals surface area contributed by atoms with E-state index in [0.29, 0.717) is 17.7 Å². The van der Waals surface area contributed by atoms with Crippen LogP contribution in [-0.2, 0) is 14.3 Å². The third-order valence-electron chi connectivity index (χ3n) is 7.71. The summed E-state index contributed by atoms with van der Waals surface area (Å²) in [7, 11) is 0. The lowest BCUT2D eigenvalue weighted by atomic mass is 9.66. The number of benzene rings is 2. The van der Waals surface area contributed by atoms with Gasteiger partial charge in [0.1, 0.15) is 11.9 Å². The van der Waals surface area contributed by atoms with Crippen molar-refractivity contribution in [3.8, 4) is 0 Å². The van der Waals surface area contributed by atoms with Crippen LogP contribution in [0, 0.1) is 12.8 Å². The average Bonchev–Trinajstić information content (AvgIpc) is 2.84. The van der Waals surface area contributed by atoms with Crippen LogP contribution in [0.2, 0.25) is 0 Å². The molecule has 5 rings (SSSR count). The van der Waals surface area contributed by atoms with E-state index in [2.05, 4.69) is 36.4 Å². The van der Waals surface area contributed by atoms with E-state index >= 15 is 0 Å². The lowest BCUT2D eigenvalue weighted by molar-refractivity contribution is -0.146. The largest absolute Gasteiger partial charge is 0.459 e. The molecule has 4 heteroatoms. The van der Waals surface area contributed by atoms with E-state index < -0.39 is 5.92 Å². The van der Waals surface area contributed by atoms with Crippen molar-refractivity contribution in [3.05, 3.63) is 82.6 Å². The minimum Gasteiger partial charge on any atom is -0.459 e. The Kier molecular flexibility index (Phi) is 6.49. The van der Waals surface area contributed by atoms with Crippen LogP contribution in [0.4, 0.5) is 0 Å². The monoisotopic (exact) mass is 455 g/mol. The molecule has 34 heavy (non-hydrogen) atoms. The number of hydrogen-bond acceptors (Lipinski definition) is 4. The van der Waals surface area contributed by atoms with Crippen LogP contribution in [0.25, 0.3) is 0 Å². The number of nitrogens with zero attached hydrogens (tertiary/aromatic N) is 1. The number of carbonyl (C=O) groups excluding carboxylic acids is 2. The third-order valence-corrected chi connectivity index (χ3v) is 7.71. The second-order valence-corrected chi connectivity index (χ2v) is 10.1. The molecule has 2 fully saturated rings. The molecule has 1 unspecified atom stereocenters. The van der Waals surface area contributed by atoms with E-state index in [0.717, 1.165) is 48.9 Å². The summed E-state index contributed by atoms with van der Waals surface area (Å²) in [5, 5.41) is 0. The minimum absolute atomic E-state index is 0.0323. The van der Waals surface area contributed by atoms with Gasteiger partial charge in [-0.25, -0.2) is 4.79 Å². The minimum atomic E-state index is -0.403. The number of rotatable bonds is 4. The van der Waals surface area contributed by atoms with Gasteiger partial charge in [0, 0.05) is 23.7 Å². The Labute approximate surface area is 202 Å². The SMILES string of the molecule is CC1=C(C(=O)OC2CCCCC2)[C@H](c2ccc(C)cc2)C2C(=O)C[C@@H](c3ccccc3)CC2=N1. The summed E-state index contributed by atoms with van der Waals surface area (Å²) in [4.78, 5) is 32.1. The Morgan fingerprint density at radius 2 is 1.56 bits per heavy atom. The summed E-state index contributed by atoms with van der Waals surface area (Å²) in [5.74, 6) is -0.741. The van der Waals surface area contributed by atoms with Crippen molar-refractivity contribution < 1.29 is 14.3 Å². The number of aryl methyl sites for hydroxylation is 1. The fourth-order valence-electron chi connectivity index (χ4n) is 5.93. The number of ether oxygens (including phenoxy) is 1. The number of carbonyl (C=O) groups is 2. The quantitative estimate of drug-likeness (QED) is 0.498. The Hall–Kier alpha value is -3.01. The van der Waals surface area contributed by atoms with Crippen molar-refractivity contribution in [1.29, 1.82) is 0 Å². The number of fused-ring (bicyclic) bond motifs is 1. The van der Waals surface area contributed by atoms with Gasteiger partial charge in [0.25, 0.3) is 0 Å². The van der Waals surface area contributed by atoms with Crippen molar-refractivity contribution in [1.82, 2.24) is 0 Å². The van der Waals surface area contributed by atoms with Gasteiger partial charge in [-0.2, -0.15) is 0 Å². The first-order valence-corrected chi connectivity index (χ1v) is 12.6. The fourth-order valence-corrected chi connectivity index (χ4v) is 5.93. The van der Waals surface area contributed by atoms with Crippen LogP contribution in [0.15, 0.2) is 70.9 Å². The summed E-state index contributed by atoms with van der Waals surface area (Å²) in [6.45, 7) is 3.95. The maximum atomic E-state index is 13.7. The normalized spacial score (nSPS) is 25.5. The number of aliphatic imine (C=N–C) groups is 1. The van der Waals surface area contributed by atoms with Crippen LogP contribution < -0.4 is 0 Å².